The van der Waals surface area contributed by atoms with Gasteiger partial charge in [-0.3, -0.25) is 9.59 Å². The molecule has 0 saturated heterocycles. The van der Waals surface area contributed by atoms with Gasteiger partial charge in [-0.05, 0) is 53.2 Å². The van der Waals surface area contributed by atoms with E-state index in [1.54, 1.807) is 39.8 Å². The second kappa shape index (κ2) is 8.41. The molecule has 0 fully saturated rings. The number of carbonyl (C=O) groups is 3. The summed E-state index contributed by atoms with van der Waals surface area (Å²) >= 11 is 7.48. The van der Waals surface area contributed by atoms with Crippen LogP contribution >= 0.6 is 22.9 Å². The molecule has 32 heavy (non-hydrogen) atoms. The minimum Gasteiger partial charge on any atom is -0.426 e. The first kappa shape index (κ1) is 24.1. The number of Topliss-reactive ketones (excluding diaryl/α,β-unsaturated/α-hetero) is 2. The highest BCUT2D eigenvalue weighted by molar-refractivity contribution is 7.15. The average molecular weight is 472 g/mol. The molecule has 0 N–H and O–H groups in total. The molecule has 1 aliphatic rings. The second-order valence-electron chi connectivity index (χ2n) is 8.93. The number of halogens is 1. The van der Waals surface area contributed by atoms with Gasteiger partial charge in [-0.2, -0.15) is 0 Å². The van der Waals surface area contributed by atoms with E-state index in [1.165, 1.54) is 18.3 Å². The van der Waals surface area contributed by atoms with Gasteiger partial charge in [0.1, 0.15) is 10.8 Å². The van der Waals surface area contributed by atoms with Crippen LogP contribution in [-0.2, 0) is 25.5 Å². The Labute approximate surface area is 197 Å². The van der Waals surface area contributed by atoms with Crippen LogP contribution in [0.2, 0.25) is 5.02 Å². The summed E-state index contributed by atoms with van der Waals surface area (Å²) in [5.41, 5.74) is -0.819. The number of carbonyl (C=O) groups excluding carboxylic acids is 3. The van der Waals surface area contributed by atoms with Crippen LogP contribution in [0, 0.1) is 10.8 Å². The summed E-state index contributed by atoms with van der Waals surface area (Å²) in [6.07, 6.45) is 0.619. The lowest BCUT2D eigenvalue weighted by Crippen LogP contribution is -2.49. The van der Waals surface area contributed by atoms with Crippen molar-refractivity contribution in [3.05, 3.63) is 57.8 Å². The van der Waals surface area contributed by atoms with Crippen molar-refractivity contribution in [1.29, 1.82) is 0 Å². The van der Waals surface area contributed by atoms with E-state index in [0.29, 0.717) is 22.1 Å². The number of aromatic nitrogens is 1. The Morgan fingerprint density at radius 2 is 1.72 bits per heavy atom. The number of benzene rings is 1. The maximum atomic E-state index is 13.6. The van der Waals surface area contributed by atoms with Gasteiger partial charge < -0.3 is 4.74 Å². The Morgan fingerprint density at radius 3 is 2.25 bits per heavy atom. The number of allylic oxidation sites excluding steroid dienone is 2. The van der Waals surface area contributed by atoms with E-state index in [9.17, 15) is 14.4 Å². The first-order valence-electron chi connectivity index (χ1n) is 10.3. The molecule has 0 radical (unpaired) electrons. The molecule has 0 atom stereocenters. The van der Waals surface area contributed by atoms with Crippen LogP contribution < -0.4 is 0 Å². The highest BCUT2D eigenvalue weighted by atomic mass is 35.5. The van der Waals surface area contributed by atoms with Gasteiger partial charge in [0, 0.05) is 21.0 Å². The van der Waals surface area contributed by atoms with Gasteiger partial charge in [0.15, 0.2) is 11.6 Å². The summed E-state index contributed by atoms with van der Waals surface area (Å²) in [4.78, 5) is 45.0. The minimum atomic E-state index is -1.28. The third-order valence-corrected chi connectivity index (χ3v) is 7.12. The molecule has 0 amide bonds. The Hall–Kier alpha value is -2.57. The number of aryl methyl sites for hydroxylation is 1. The molecule has 1 aromatic carbocycles. The molecule has 1 aromatic heterocycles. The van der Waals surface area contributed by atoms with E-state index >= 15 is 0 Å². The summed E-state index contributed by atoms with van der Waals surface area (Å²) in [6, 6.07) is 7.28. The Bertz CT molecular complexity index is 1170. The maximum absolute atomic E-state index is 13.6. The number of hydrogen-bond acceptors (Lipinski definition) is 6. The molecule has 0 saturated carbocycles. The van der Waals surface area contributed by atoms with Gasteiger partial charge in [0.05, 0.1) is 22.1 Å². The summed E-state index contributed by atoms with van der Waals surface area (Å²) < 4.78 is 5.65. The third kappa shape index (κ3) is 3.97. The molecule has 2 aromatic rings. The zero-order valence-electron chi connectivity index (χ0n) is 19.1. The normalized spacial score (nSPS) is 17.5. The molecular formula is C25H26ClNO4S. The van der Waals surface area contributed by atoms with E-state index < -0.39 is 22.6 Å². The second-order valence-corrected chi connectivity index (χ2v) is 10.5. The molecule has 7 heteroatoms. The zero-order chi connectivity index (χ0) is 24.0. The Kier molecular flexibility index (Phi) is 6.33. The van der Waals surface area contributed by atoms with Gasteiger partial charge in [-0.1, -0.05) is 37.2 Å². The van der Waals surface area contributed by atoms with Crippen molar-refractivity contribution in [3.63, 3.8) is 0 Å². The number of rotatable bonds is 5. The van der Waals surface area contributed by atoms with Gasteiger partial charge in [0.25, 0.3) is 0 Å². The van der Waals surface area contributed by atoms with E-state index in [4.69, 9.17) is 21.3 Å². The zero-order valence-corrected chi connectivity index (χ0v) is 20.7. The Morgan fingerprint density at radius 1 is 1.12 bits per heavy atom. The lowest BCUT2D eigenvalue weighted by molar-refractivity contribution is -0.146. The van der Waals surface area contributed by atoms with Crippen LogP contribution in [-0.4, -0.2) is 22.5 Å². The number of thiazole rings is 1. The van der Waals surface area contributed by atoms with E-state index in [2.05, 4.69) is 6.58 Å². The summed E-state index contributed by atoms with van der Waals surface area (Å²) in [7, 11) is 0. The van der Waals surface area contributed by atoms with Gasteiger partial charge in [0.2, 0.25) is 0 Å². The number of nitrogens with zero attached hydrogens (tertiary/aromatic N) is 1. The fraction of sp³-hybridized carbons (Fsp3) is 0.360. The predicted octanol–water partition coefficient (Wildman–Crippen LogP) is 6.06. The number of esters is 1. The van der Waals surface area contributed by atoms with Gasteiger partial charge in [-0.15, -0.1) is 11.3 Å². The molecule has 0 spiro atoms. The number of ether oxygens (including phenoxy) is 1. The number of hydrogen-bond donors (Lipinski definition) is 0. The van der Waals surface area contributed by atoms with Crippen molar-refractivity contribution >= 4 is 46.0 Å². The lowest BCUT2D eigenvalue weighted by Gasteiger charge is -2.39. The fourth-order valence-corrected chi connectivity index (χ4v) is 4.93. The van der Waals surface area contributed by atoms with Crippen molar-refractivity contribution in [3.8, 4) is 10.6 Å². The average Bonchev–Trinajstić information content (AvgIpc) is 3.15. The quantitative estimate of drug-likeness (QED) is 0.301. The van der Waals surface area contributed by atoms with Crippen molar-refractivity contribution in [2.75, 3.05) is 0 Å². The standard InChI is InChI=1S/C25H26ClNO4S/c1-8-16-18(27-21(32-16)14-9-11-15(26)12-10-14)17-19(28)24(4,5)23(30)25(6,7)20(17)31-22(29)13(2)3/h9-12H,2,8H2,1,3-7H3. The minimum absolute atomic E-state index is 0.0301. The fourth-order valence-electron chi connectivity index (χ4n) is 3.79. The molecule has 3 rings (SSSR count). The monoisotopic (exact) mass is 471 g/mol. The highest BCUT2D eigenvalue weighted by Crippen LogP contribution is 2.49. The summed E-state index contributed by atoms with van der Waals surface area (Å²) in [6.45, 7) is 13.7. The van der Waals surface area contributed by atoms with Crippen LogP contribution in [0.4, 0.5) is 0 Å². The molecule has 1 aliphatic carbocycles. The molecule has 1 heterocycles. The molecule has 0 aliphatic heterocycles. The van der Waals surface area contributed by atoms with E-state index in [1.807, 2.05) is 19.1 Å². The first-order chi connectivity index (χ1) is 14.8. The summed E-state index contributed by atoms with van der Waals surface area (Å²) in [5.74, 6) is -1.37. The van der Waals surface area contributed by atoms with Crippen LogP contribution in [0.15, 0.2) is 42.2 Å². The lowest BCUT2D eigenvalue weighted by atomic mass is 9.63. The molecular weight excluding hydrogens is 446 g/mol. The smallest absolute Gasteiger partial charge is 0.338 e. The largest absolute Gasteiger partial charge is 0.426 e. The molecule has 5 nitrogen and oxygen atoms in total. The van der Waals surface area contributed by atoms with Crippen LogP contribution in [0.1, 0.15) is 52.1 Å². The van der Waals surface area contributed by atoms with Gasteiger partial charge in [-0.25, -0.2) is 9.78 Å². The predicted molar refractivity (Wildman–Crippen MR) is 127 cm³/mol. The highest BCUT2D eigenvalue weighted by Gasteiger charge is 2.55. The molecule has 168 valence electrons. The Balaban J connectivity index is 2.32. The summed E-state index contributed by atoms with van der Waals surface area (Å²) in [5, 5.41) is 1.33. The van der Waals surface area contributed by atoms with Crippen molar-refractivity contribution in [2.45, 2.75) is 48.0 Å². The first-order valence-corrected chi connectivity index (χ1v) is 11.5. The van der Waals surface area contributed by atoms with E-state index in [0.717, 1.165) is 10.4 Å². The maximum Gasteiger partial charge on any atom is 0.338 e. The van der Waals surface area contributed by atoms with Gasteiger partial charge >= 0.3 is 5.97 Å². The topological polar surface area (TPSA) is 73.3 Å². The molecule has 0 bridgehead atoms. The SMILES string of the molecule is C=C(C)C(=O)OC1=C(c2nc(-c3ccc(Cl)cc3)sc2CC)C(=O)C(C)(C)C(=O)C1(C)C. The van der Waals surface area contributed by atoms with Crippen LogP contribution in [0.5, 0.6) is 0 Å². The van der Waals surface area contributed by atoms with E-state index in [-0.39, 0.29) is 22.7 Å². The molecule has 0 unspecified atom stereocenters. The third-order valence-electron chi connectivity index (χ3n) is 5.61. The van der Waals surface area contributed by atoms with Crippen LogP contribution in [0.25, 0.3) is 16.1 Å². The number of ketones is 2. The van der Waals surface area contributed by atoms with Crippen molar-refractivity contribution in [2.24, 2.45) is 10.8 Å². The van der Waals surface area contributed by atoms with Crippen molar-refractivity contribution < 1.29 is 19.1 Å². The van der Waals surface area contributed by atoms with Crippen LogP contribution in [0.3, 0.4) is 0 Å². The van der Waals surface area contributed by atoms with Crippen molar-refractivity contribution in [1.82, 2.24) is 4.98 Å².